The maximum absolute atomic E-state index is 11.5. The van der Waals surface area contributed by atoms with Gasteiger partial charge in [-0.05, 0) is 45.6 Å². The third-order valence-corrected chi connectivity index (χ3v) is 3.90. The van der Waals surface area contributed by atoms with Crippen molar-refractivity contribution in [3.63, 3.8) is 0 Å². The lowest BCUT2D eigenvalue weighted by atomic mass is 9.87. The summed E-state index contributed by atoms with van der Waals surface area (Å²) in [7, 11) is 0. The van der Waals surface area contributed by atoms with Gasteiger partial charge in [-0.1, -0.05) is 18.9 Å². The molecule has 0 aliphatic heterocycles. The van der Waals surface area contributed by atoms with Crippen LogP contribution in [0.3, 0.4) is 0 Å². The standard InChI is InChI=1S/C15H24O2/c1-5-10-8-11-9-12(16)6-7-13(11)14(10)17-15(2,3)4/h9-10,13-14H,5-8H2,1-4H3/t10?,13?,14-/m1/s1. The second kappa shape index (κ2) is 4.56. The first-order valence-corrected chi connectivity index (χ1v) is 6.82. The van der Waals surface area contributed by atoms with Crippen LogP contribution in [0.25, 0.3) is 0 Å². The summed E-state index contributed by atoms with van der Waals surface area (Å²) in [6, 6.07) is 0. The average Bonchev–Trinajstić information content (AvgIpc) is 2.53. The molecule has 0 heterocycles. The van der Waals surface area contributed by atoms with Gasteiger partial charge < -0.3 is 4.74 Å². The molecule has 0 radical (unpaired) electrons. The normalized spacial score (nSPS) is 33.5. The molecular weight excluding hydrogens is 212 g/mol. The Morgan fingerprint density at radius 2 is 2.12 bits per heavy atom. The Bertz CT molecular complexity index is 335. The molecule has 2 aliphatic carbocycles. The van der Waals surface area contributed by atoms with Crippen LogP contribution < -0.4 is 0 Å². The van der Waals surface area contributed by atoms with Crippen molar-refractivity contribution in [1.82, 2.24) is 0 Å². The molecule has 1 saturated carbocycles. The van der Waals surface area contributed by atoms with Crippen molar-refractivity contribution in [3.05, 3.63) is 11.6 Å². The Balaban J connectivity index is 2.19. The van der Waals surface area contributed by atoms with Gasteiger partial charge in [-0.15, -0.1) is 0 Å². The molecule has 3 atom stereocenters. The molecule has 2 unspecified atom stereocenters. The maximum Gasteiger partial charge on any atom is 0.155 e. The largest absolute Gasteiger partial charge is 0.372 e. The lowest BCUT2D eigenvalue weighted by Crippen LogP contribution is -2.34. The van der Waals surface area contributed by atoms with Gasteiger partial charge in [-0.25, -0.2) is 0 Å². The molecule has 96 valence electrons. The molecule has 2 heteroatoms. The molecule has 0 spiro atoms. The first-order chi connectivity index (χ1) is 7.90. The molecule has 0 bridgehead atoms. The molecule has 0 aromatic heterocycles. The first kappa shape index (κ1) is 12.8. The van der Waals surface area contributed by atoms with Crippen LogP contribution in [0.1, 0.15) is 53.4 Å². The van der Waals surface area contributed by atoms with Crippen LogP contribution >= 0.6 is 0 Å². The fraction of sp³-hybridized carbons (Fsp3) is 0.800. The van der Waals surface area contributed by atoms with E-state index < -0.39 is 0 Å². The molecule has 2 rings (SSSR count). The molecule has 2 aliphatic rings. The second-order valence-electron chi connectivity index (χ2n) is 6.40. The van der Waals surface area contributed by atoms with Crippen molar-refractivity contribution in [2.75, 3.05) is 0 Å². The van der Waals surface area contributed by atoms with Gasteiger partial charge in [0, 0.05) is 12.3 Å². The average molecular weight is 236 g/mol. The first-order valence-electron chi connectivity index (χ1n) is 6.82. The van der Waals surface area contributed by atoms with E-state index in [2.05, 4.69) is 27.7 Å². The summed E-state index contributed by atoms with van der Waals surface area (Å²) in [5.74, 6) is 1.40. The molecule has 0 amide bonds. The molecule has 2 nitrogen and oxygen atoms in total. The van der Waals surface area contributed by atoms with Crippen LogP contribution in [0.5, 0.6) is 0 Å². The number of allylic oxidation sites excluding steroid dienone is 1. The lowest BCUT2D eigenvalue weighted by Gasteiger charge is -2.32. The minimum absolute atomic E-state index is 0.0883. The molecular formula is C15H24O2. The highest BCUT2D eigenvalue weighted by atomic mass is 16.5. The second-order valence-corrected chi connectivity index (χ2v) is 6.40. The summed E-state index contributed by atoms with van der Waals surface area (Å²) in [6.45, 7) is 8.59. The fourth-order valence-electron chi connectivity index (χ4n) is 3.17. The Morgan fingerprint density at radius 1 is 1.41 bits per heavy atom. The van der Waals surface area contributed by atoms with E-state index in [1.807, 2.05) is 6.08 Å². The van der Waals surface area contributed by atoms with Gasteiger partial charge in [-0.3, -0.25) is 4.79 Å². The monoisotopic (exact) mass is 236 g/mol. The van der Waals surface area contributed by atoms with Crippen LogP contribution in [0.4, 0.5) is 0 Å². The van der Waals surface area contributed by atoms with Gasteiger partial charge >= 0.3 is 0 Å². The molecule has 17 heavy (non-hydrogen) atoms. The molecule has 0 saturated heterocycles. The predicted molar refractivity (Wildman–Crippen MR) is 68.8 cm³/mol. The van der Waals surface area contributed by atoms with Crippen molar-refractivity contribution >= 4 is 5.78 Å². The van der Waals surface area contributed by atoms with Gasteiger partial charge in [0.15, 0.2) is 5.78 Å². The lowest BCUT2D eigenvalue weighted by molar-refractivity contribution is -0.116. The Hall–Kier alpha value is -0.630. The summed E-state index contributed by atoms with van der Waals surface area (Å²) in [4.78, 5) is 11.5. The van der Waals surface area contributed by atoms with Crippen LogP contribution in [-0.2, 0) is 9.53 Å². The van der Waals surface area contributed by atoms with E-state index in [4.69, 9.17) is 4.74 Å². The van der Waals surface area contributed by atoms with E-state index >= 15 is 0 Å². The van der Waals surface area contributed by atoms with Crippen molar-refractivity contribution in [2.45, 2.75) is 65.1 Å². The summed E-state index contributed by atoms with van der Waals surface area (Å²) < 4.78 is 6.25. The van der Waals surface area contributed by atoms with Crippen molar-refractivity contribution in [3.8, 4) is 0 Å². The summed E-state index contributed by atoms with van der Waals surface area (Å²) in [5, 5.41) is 0. The number of rotatable bonds is 2. The number of carbonyl (C=O) groups is 1. The predicted octanol–water partition coefficient (Wildman–Crippen LogP) is 3.51. The highest BCUT2D eigenvalue weighted by Crippen LogP contribution is 2.45. The van der Waals surface area contributed by atoms with E-state index in [-0.39, 0.29) is 5.60 Å². The van der Waals surface area contributed by atoms with Gasteiger partial charge in [0.25, 0.3) is 0 Å². The minimum Gasteiger partial charge on any atom is -0.372 e. The Labute approximate surface area is 104 Å². The fourth-order valence-corrected chi connectivity index (χ4v) is 3.17. The summed E-state index contributed by atoms with van der Waals surface area (Å²) >= 11 is 0. The van der Waals surface area contributed by atoms with E-state index in [1.165, 1.54) is 5.57 Å². The van der Waals surface area contributed by atoms with E-state index in [9.17, 15) is 4.79 Å². The molecule has 0 aromatic rings. The quantitative estimate of drug-likeness (QED) is 0.733. The zero-order chi connectivity index (χ0) is 12.6. The Morgan fingerprint density at radius 3 is 2.71 bits per heavy atom. The zero-order valence-electron chi connectivity index (χ0n) is 11.5. The topological polar surface area (TPSA) is 26.3 Å². The third-order valence-electron chi connectivity index (χ3n) is 3.90. The van der Waals surface area contributed by atoms with Gasteiger partial charge in [-0.2, -0.15) is 0 Å². The van der Waals surface area contributed by atoms with Crippen molar-refractivity contribution in [1.29, 1.82) is 0 Å². The Kier molecular flexibility index (Phi) is 3.44. The third kappa shape index (κ3) is 2.79. The van der Waals surface area contributed by atoms with E-state index in [0.717, 1.165) is 19.3 Å². The SMILES string of the molecule is CCC1CC2=CC(=O)CCC2[C@@H]1OC(C)(C)C. The zero-order valence-corrected chi connectivity index (χ0v) is 11.5. The van der Waals surface area contributed by atoms with Crippen molar-refractivity contribution in [2.24, 2.45) is 11.8 Å². The number of carbonyl (C=O) groups excluding carboxylic acids is 1. The highest BCUT2D eigenvalue weighted by molar-refractivity contribution is 5.91. The molecule has 1 fully saturated rings. The summed E-state index contributed by atoms with van der Waals surface area (Å²) in [6.07, 6.45) is 6.11. The number of fused-ring (bicyclic) bond motifs is 1. The smallest absolute Gasteiger partial charge is 0.155 e. The van der Waals surface area contributed by atoms with Gasteiger partial charge in [0.2, 0.25) is 0 Å². The number of ether oxygens (including phenoxy) is 1. The van der Waals surface area contributed by atoms with E-state index in [1.54, 1.807) is 0 Å². The van der Waals surface area contributed by atoms with Crippen molar-refractivity contribution < 1.29 is 9.53 Å². The number of hydrogen-bond donors (Lipinski definition) is 0. The van der Waals surface area contributed by atoms with Gasteiger partial charge in [0.1, 0.15) is 0 Å². The van der Waals surface area contributed by atoms with Crippen LogP contribution in [-0.4, -0.2) is 17.5 Å². The van der Waals surface area contributed by atoms with Crippen LogP contribution in [0.15, 0.2) is 11.6 Å². The van der Waals surface area contributed by atoms with Crippen LogP contribution in [0, 0.1) is 11.8 Å². The highest BCUT2D eigenvalue weighted by Gasteiger charge is 2.42. The number of ketones is 1. The van der Waals surface area contributed by atoms with Gasteiger partial charge in [0.05, 0.1) is 11.7 Å². The molecule has 0 aromatic carbocycles. The molecule has 0 N–H and O–H groups in total. The minimum atomic E-state index is -0.0883. The number of hydrogen-bond acceptors (Lipinski definition) is 2. The van der Waals surface area contributed by atoms with E-state index in [0.29, 0.717) is 30.1 Å². The maximum atomic E-state index is 11.5. The summed E-state index contributed by atoms with van der Waals surface area (Å²) in [5.41, 5.74) is 1.26. The van der Waals surface area contributed by atoms with Crippen LogP contribution in [0.2, 0.25) is 0 Å².